The van der Waals surface area contributed by atoms with Gasteiger partial charge in [0, 0.05) is 0 Å². The molecular formula is C9H16O2. The number of hydrogen-bond donors (Lipinski definition) is 0. The van der Waals surface area contributed by atoms with Crippen LogP contribution >= 0.6 is 0 Å². The Hall–Kier alpha value is -0.500. The molecule has 1 rings (SSSR count). The quantitative estimate of drug-likeness (QED) is 0.566. The van der Waals surface area contributed by atoms with Crippen LogP contribution in [0.5, 0.6) is 0 Å². The van der Waals surface area contributed by atoms with Crippen molar-refractivity contribution in [1.29, 1.82) is 0 Å². The molecule has 0 bridgehead atoms. The maximum absolute atomic E-state index is 5.18. The van der Waals surface area contributed by atoms with E-state index in [4.69, 9.17) is 9.47 Å². The van der Waals surface area contributed by atoms with Gasteiger partial charge in [-0.1, -0.05) is 19.9 Å². The van der Waals surface area contributed by atoms with Gasteiger partial charge in [-0.15, -0.1) is 0 Å². The topological polar surface area (TPSA) is 18.5 Å². The molecule has 1 fully saturated rings. The van der Waals surface area contributed by atoms with Crippen molar-refractivity contribution in [3.05, 3.63) is 12.8 Å². The largest absolute Gasteiger partial charge is 0.501 e. The molecule has 1 heterocycles. The normalized spacial score (nSPS) is 20.5. The van der Waals surface area contributed by atoms with Gasteiger partial charge < -0.3 is 9.47 Å². The van der Waals surface area contributed by atoms with Crippen LogP contribution in [-0.2, 0) is 9.47 Å². The van der Waals surface area contributed by atoms with E-state index in [0.717, 1.165) is 19.8 Å². The lowest BCUT2D eigenvalue weighted by atomic mass is 9.82. The molecular weight excluding hydrogens is 140 g/mol. The van der Waals surface area contributed by atoms with Crippen LogP contribution in [0, 0.1) is 5.41 Å². The van der Waals surface area contributed by atoms with E-state index in [1.54, 1.807) is 0 Å². The standard InChI is InChI=1S/C9H16O2/c1-3-5-9(6-10-4-2)7-11-8-9/h4H,2-3,5-8H2,1H3. The number of rotatable bonds is 5. The first kappa shape index (κ1) is 8.60. The van der Waals surface area contributed by atoms with Crippen LogP contribution in [0.2, 0.25) is 0 Å². The second-order valence-electron chi connectivity index (χ2n) is 3.22. The van der Waals surface area contributed by atoms with Gasteiger partial charge in [0.05, 0.1) is 31.5 Å². The van der Waals surface area contributed by atoms with E-state index < -0.39 is 0 Å². The number of hydrogen-bond acceptors (Lipinski definition) is 2. The number of ether oxygens (including phenoxy) is 2. The lowest BCUT2D eigenvalue weighted by Crippen LogP contribution is -2.45. The second kappa shape index (κ2) is 3.77. The molecule has 0 radical (unpaired) electrons. The SMILES string of the molecule is C=COCC1(CCC)COC1. The third-order valence-corrected chi connectivity index (χ3v) is 2.10. The summed E-state index contributed by atoms with van der Waals surface area (Å²) in [5.74, 6) is 0. The molecule has 11 heavy (non-hydrogen) atoms. The Morgan fingerprint density at radius 1 is 1.64 bits per heavy atom. The fourth-order valence-electron chi connectivity index (χ4n) is 1.46. The smallest absolute Gasteiger partial charge is 0.0973 e. The first-order valence-corrected chi connectivity index (χ1v) is 4.13. The van der Waals surface area contributed by atoms with E-state index >= 15 is 0 Å². The van der Waals surface area contributed by atoms with Gasteiger partial charge in [-0.05, 0) is 6.42 Å². The van der Waals surface area contributed by atoms with Crippen molar-refractivity contribution in [2.75, 3.05) is 19.8 Å². The van der Waals surface area contributed by atoms with Gasteiger partial charge in [-0.25, -0.2) is 0 Å². The average Bonchev–Trinajstić information content (AvgIpc) is 1.95. The lowest BCUT2D eigenvalue weighted by Gasteiger charge is -2.40. The van der Waals surface area contributed by atoms with Crippen molar-refractivity contribution < 1.29 is 9.47 Å². The molecule has 0 unspecified atom stereocenters. The molecule has 2 heteroatoms. The van der Waals surface area contributed by atoms with Crippen molar-refractivity contribution >= 4 is 0 Å². The maximum atomic E-state index is 5.18. The first-order chi connectivity index (χ1) is 5.33. The second-order valence-corrected chi connectivity index (χ2v) is 3.22. The molecule has 0 amide bonds. The molecule has 0 aromatic carbocycles. The van der Waals surface area contributed by atoms with Crippen LogP contribution in [0.25, 0.3) is 0 Å². The Bertz CT molecular complexity index is 128. The van der Waals surface area contributed by atoms with Gasteiger partial charge in [0.2, 0.25) is 0 Å². The van der Waals surface area contributed by atoms with E-state index in [1.807, 2.05) is 0 Å². The summed E-state index contributed by atoms with van der Waals surface area (Å²) >= 11 is 0. The average molecular weight is 156 g/mol. The fraction of sp³-hybridized carbons (Fsp3) is 0.778. The van der Waals surface area contributed by atoms with Gasteiger partial charge in [0.1, 0.15) is 0 Å². The highest BCUT2D eigenvalue weighted by molar-refractivity contribution is 4.85. The van der Waals surface area contributed by atoms with Crippen molar-refractivity contribution in [3.63, 3.8) is 0 Å². The monoisotopic (exact) mass is 156 g/mol. The summed E-state index contributed by atoms with van der Waals surface area (Å²) in [7, 11) is 0. The van der Waals surface area contributed by atoms with E-state index in [-0.39, 0.29) is 0 Å². The van der Waals surface area contributed by atoms with Gasteiger partial charge >= 0.3 is 0 Å². The Labute approximate surface area is 68.2 Å². The highest BCUT2D eigenvalue weighted by Crippen LogP contribution is 2.32. The van der Waals surface area contributed by atoms with E-state index in [2.05, 4.69) is 13.5 Å². The highest BCUT2D eigenvalue weighted by Gasteiger charge is 2.38. The van der Waals surface area contributed by atoms with Gasteiger partial charge in [-0.2, -0.15) is 0 Å². The van der Waals surface area contributed by atoms with Crippen molar-refractivity contribution in [2.24, 2.45) is 5.41 Å². The summed E-state index contributed by atoms with van der Waals surface area (Å²) in [6.45, 7) is 8.19. The third kappa shape index (κ3) is 1.96. The molecule has 0 aromatic rings. The van der Waals surface area contributed by atoms with Crippen molar-refractivity contribution in [1.82, 2.24) is 0 Å². The molecule has 2 nitrogen and oxygen atoms in total. The van der Waals surface area contributed by atoms with Crippen LogP contribution in [0.4, 0.5) is 0 Å². The zero-order valence-corrected chi connectivity index (χ0v) is 7.14. The van der Waals surface area contributed by atoms with Crippen molar-refractivity contribution in [2.45, 2.75) is 19.8 Å². The molecule has 1 saturated heterocycles. The minimum absolute atomic E-state index is 0.308. The van der Waals surface area contributed by atoms with E-state index in [1.165, 1.54) is 19.1 Å². The van der Waals surface area contributed by atoms with E-state index in [9.17, 15) is 0 Å². The minimum Gasteiger partial charge on any atom is -0.501 e. The molecule has 0 N–H and O–H groups in total. The molecule has 1 aliphatic heterocycles. The summed E-state index contributed by atoms with van der Waals surface area (Å²) in [6, 6.07) is 0. The predicted molar refractivity (Wildman–Crippen MR) is 44.3 cm³/mol. The van der Waals surface area contributed by atoms with Crippen LogP contribution < -0.4 is 0 Å². The summed E-state index contributed by atoms with van der Waals surface area (Å²) in [5.41, 5.74) is 0.308. The third-order valence-electron chi connectivity index (χ3n) is 2.10. The van der Waals surface area contributed by atoms with Crippen LogP contribution in [0.3, 0.4) is 0 Å². The van der Waals surface area contributed by atoms with Gasteiger partial charge in [0.15, 0.2) is 0 Å². The van der Waals surface area contributed by atoms with Gasteiger partial charge in [0.25, 0.3) is 0 Å². The molecule has 0 atom stereocenters. The summed E-state index contributed by atoms with van der Waals surface area (Å²) < 4.78 is 10.4. The highest BCUT2D eigenvalue weighted by atomic mass is 16.5. The Balaban J connectivity index is 2.27. The van der Waals surface area contributed by atoms with Crippen molar-refractivity contribution in [3.8, 4) is 0 Å². The maximum Gasteiger partial charge on any atom is 0.0973 e. The summed E-state index contributed by atoms with van der Waals surface area (Å²) in [6.07, 6.45) is 3.90. The molecule has 0 aliphatic carbocycles. The molecule has 0 aromatic heterocycles. The zero-order valence-electron chi connectivity index (χ0n) is 7.14. The Morgan fingerprint density at radius 2 is 2.36 bits per heavy atom. The van der Waals surface area contributed by atoms with Gasteiger partial charge in [-0.3, -0.25) is 0 Å². The van der Waals surface area contributed by atoms with Crippen LogP contribution in [-0.4, -0.2) is 19.8 Å². The Kier molecular flexibility index (Phi) is 2.94. The first-order valence-electron chi connectivity index (χ1n) is 4.13. The minimum atomic E-state index is 0.308. The molecule has 64 valence electrons. The van der Waals surface area contributed by atoms with Crippen LogP contribution in [0.15, 0.2) is 12.8 Å². The van der Waals surface area contributed by atoms with Crippen LogP contribution in [0.1, 0.15) is 19.8 Å². The molecule has 1 aliphatic rings. The zero-order chi connectivity index (χ0) is 8.16. The fourth-order valence-corrected chi connectivity index (χ4v) is 1.46. The lowest BCUT2D eigenvalue weighted by molar-refractivity contribution is -0.142. The molecule has 0 spiro atoms. The summed E-state index contributed by atoms with van der Waals surface area (Å²) in [4.78, 5) is 0. The molecule has 0 saturated carbocycles. The summed E-state index contributed by atoms with van der Waals surface area (Å²) in [5, 5.41) is 0. The predicted octanol–water partition coefficient (Wildman–Crippen LogP) is 1.96. The van der Waals surface area contributed by atoms with E-state index in [0.29, 0.717) is 5.41 Å². The Morgan fingerprint density at radius 3 is 2.73 bits per heavy atom.